The van der Waals surface area contributed by atoms with E-state index in [4.69, 9.17) is 5.73 Å². The molecule has 0 aliphatic rings. The number of aliphatic hydroxyl groups is 1. The molecular weight excluding hydrogens is 126 g/mol. The van der Waals surface area contributed by atoms with Gasteiger partial charge < -0.3 is 10.8 Å². The van der Waals surface area contributed by atoms with E-state index < -0.39 is 0 Å². The molecule has 1 unspecified atom stereocenters. The highest BCUT2D eigenvalue weighted by molar-refractivity contribution is 4.77. The van der Waals surface area contributed by atoms with Crippen LogP contribution < -0.4 is 5.73 Å². The smallest absolute Gasteiger partial charge is 0.0580 e. The van der Waals surface area contributed by atoms with E-state index in [-0.39, 0.29) is 11.6 Å². The van der Waals surface area contributed by atoms with Gasteiger partial charge in [-0.25, -0.2) is 0 Å². The van der Waals surface area contributed by atoms with Crippen molar-refractivity contribution in [2.24, 2.45) is 11.7 Å². The van der Waals surface area contributed by atoms with Crippen LogP contribution in [0.5, 0.6) is 0 Å². The van der Waals surface area contributed by atoms with Crippen molar-refractivity contribution >= 4 is 0 Å². The molecule has 0 aromatic rings. The first-order valence-electron chi connectivity index (χ1n) is 3.80. The predicted octanol–water partition coefficient (Wildman–Crippen LogP) is 1.13. The molecule has 10 heavy (non-hydrogen) atoms. The van der Waals surface area contributed by atoms with Crippen molar-refractivity contribution in [2.75, 3.05) is 0 Å². The molecular formula is C8H19NO. The highest BCUT2D eigenvalue weighted by Gasteiger charge is 2.18. The summed E-state index contributed by atoms with van der Waals surface area (Å²) in [7, 11) is 0. The molecule has 0 bridgehead atoms. The average Bonchev–Trinajstić information content (AvgIpc) is 1.60. The molecule has 0 aromatic heterocycles. The van der Waals surface area contributed by atoms with Crippen LogP contribution in [0.3, 0.4) is 0 Å². The molecule has 0 aliphatic heterocycles. The highest BCUT2D eigenvalue weighted by atomic mass is 16.3. The van der Waals surface area contributed by atoms with Gasteiger partial charge in [0, 0.05) is 5.54 Å². The van der Waals surface area contributed by atoms with Crippen molar-refractivity contribution in [3.63, 3.8) is 0 Å². The van der Waals surface area contributed by atoms with Gasteiger partial charge in [0.25, 0.3) is 0 Å². The van der Waals surface area contributed by atoms with Crippen molar-refractivity contribution in [3.8, 4) is 0 Å². The van der Waals surface area contributed by atoms with Gasteiger partial charge in [0.15, 0.2) is 0 Å². The van der Waals surface area contributed by atoms with Crippen molar-refractivity contribution < 1.29 is 5.11 Å². The van der Waals surface area contributed by atoms with Gasteiger partial charge in [0.2, 0.25) is 0 Å². The summed E-state index contributed by atoms with van der Waals surface area (Å²) in [6, 6.07) is 0. The van der Waals surface area contributed by atoms with Crippen LogP contribution in [0.1, 0.15) is 34.1 Å². The molecule has 0 spiro atoms. The molecule has 0 radical (unpaired) electrons. The predicted molar refractivity (Wildman–Crippen MR) is 43.7 cm³/mol. The van der Waals surface area contributed by atoms with E-state index in [0.717, 1.165) is 0 Å². The summed E-state index contributed by atoms with van der Waals surface area (Å²) in [6.07, 6.45) is 0.407. The topological polar surface area (TPSA) is 46.2 Å². The normalized spacial score (nSPS) is 15.9. The van der Waals surface area contributed by atoms with Crippen LogP contribution in [-0.4, -0.2) is 16.7 Å². The molecule has 2 nitrogen and oxygen atoms in total. The van der Waals surface area contributed by atoms with Gasteiger partial charge in [0.05, 0.1) is 6.10 Å². The lowest BCUT2D eigenvalue weighted by Crippen LogP contribution is -2.37. The standard InChI is InChI=1S/C8H19NO/c1-6(2)7(10)5-8(3,4)9/h6-7,10H,5,9H2,1-4H3. The van der Waals surface area contributed by atoms with Gasteiger partial charge in [-0.15, -0.1) is 0 Å². The van der Waals surface area contributed by atoms with Gasteiger partial charge in [-0.2, -0.15) is 0 Å². The second-order valence-corrected chi connectivity index (χ2v) is 4.00. The lowest BCUT2D eigenvalue weighted by Gasteiger charge is -2.24. The van der Waals surface area contributed by atoms with Gasteiger partial charge in [-0.3, -0.25) is 0 Å². The zero-order valence-electron chi connectivity index (χ0n) is 7.39. The SMILES string of the molecule is CC(C)C(O)CC(C)(C)N. The van der Waals surface area contributed by atoms with Crippen LogP contribution in [0.2, 0.25) is 0 Å². The molecule has 3 N–H and O–H groups in total. The monoisotopic (exact) mass is 145 g/mol. The lowest BCUT2D eigenvalue weighted by molar-refractivity contribution is 0.0959. The Balaban J connectivity index is 3.68. The van der Waals surface area contributed by atoms with Gasteiger partial charge in [-0.1, -0.05) is 13.8 Å². The van der Waals surface area contributed by atoms with Crippen LogP contribution in [0.25, 0.3) is 0 Å². The molecule has 62 valence electrons. The molecule has 0 saturated heterocycles. The van der Waals surface area contributed by atoms with Crippen LogP contribution in [0, 0.1) is 5.92 Å². The fraction of sp³-hybridized carbons (Fsp3) is 1.00. The maximum atomic E-state index is 9.38. The molecule has 0 rings (SSSR count). The minimum atomic E-state index is -0.264. The summed E-state index contributed by atoms with van der Waals surface area (Å²) >= 11 is 0. The van der Waals surface area contributed by atoms with Crippen molar-refractivity contribution in [1.29, 1.82) is 0 Å². The average molecular weight is 145 g/mol. The lowest BCUT2D eigenvalue weighted by atomic mass is 9.92. The first-order valence-corrected chi connectivity index (χ1v) is 3.80. The fourth-order valence-electron chi connectivity index (χ4n) is 0.775. The largest absolute Gasteiger partial charge is 0.393 e. The van der Waals surface area contributed by atoms with E-state index in [0.29, 0.717) is 12.3 Å². The van der Waals surface area contributed by atoms with E-state index in [1.54, 1.807) is 0 Å². The summed E-state index contributed by atoms with van der Waals surface area (Å²) in [6.45, 7) is 7.85. The second kappa shape index (κ2) is 3.35. The maximum absolute atomic E-state index is 9.38. The Morgan fingerprint density at radius 3 is 1.90 bits per heavy atom. The maximum Gasteiger partial charge on any atom is 0.0580 e. The van der Waals surface area contributed by atoms with Crippen molar-refractivity contribution in [3.05, 3.63) is 0 Å². The Kier molecular flexibility index (Phi) is 3.33. The van der Waals surface area contributed by atoms with E-state index >= 15 is 0 Å². The summed E-state index contributed by atoms with van der Waals surface area (Å²) in [5.74, 6) is 0.308. The van der Waals surface area contributed by atoms with Crippen molar-refractivity contribution in [1.82, 2.24) is 0 Å². The molecule has 0 amide bonds. The minimum absolute atomic E-state index is 0.246. The zero-order chi connectivity index (χ0) is 8.36. The molecule has 0 heterocycles. The number of nitrogens with two attached hydrogens (primary N) is 1. The van der Waals surface area contributed by atoms with E-state index in [2.05, 4.69) is 0 Å². The Morgan fingerprint density at radius 1 is 1.40 bits per heavy atom. The van der Waals surface area contributed by atoms with E-state index in [1.165, 1.54) is 0 Å². The third kappa shape index (κ3) is 4.77. The zero-order valence-corrected chi connectivity index (χ0v) is 7.39. The van der Waals surface area contributed by atoms with Crippen LogP contribution in [0.4, 0.5) is 0 Å². The Labute approximate surface area is 63.4 Å². The van der Waals surface area contributed by atoms with Gasteiger partial charge in [0.1, 0.15) is 0 Å². The van der Waals surface area contributed by atoms with E-state index in [1.807, 2.05) is 27.7 Å². The molecule has 0 fully saturated rings. The van der Waals surface area contributed by atoms with Crippen molar-refractivity contribution in [2.45, 2.75) is 45.8 Å². The summed E-state index contributed by atoms with van der Waals surface area (Å²) in [5.41, 5.74) is 5.47. The number of hydrogen-bond donors (Lipinski definition) is 2. The quantitative estimate of drug-likeness (QED) is 0.625. The third-order valence-corrected chi connectivity index (χ3v) is 1.50. The number of hydrogen-bond acceptors (Lipinski definition) is 2. The molecule has 0 aromatic carbocycles. The van der Waals surface area contributed by atoms with Gasteiger partial charge >= 0.3 is 0 Å². The van der Waals surface area contributed by atoms with Crippen LogP contribution >= 0.6 is 0 Å². The summed E-state index contributed by atoms with van der Waals surface area (Å²) in [4.78, 5) is 0. The molecule has 1 atom stereocenters. The highest BCUT2D eigenvalue weighted by Crippen LogP contribution is 2.13. The first-order chi connectivity index (χ1) is 4.33. The third-order valence-electron chi connectivity index (χ3n) is 1.50. The van der Waals surface area contributed by atoms with Crippen LogP contribution in [-0.2, 0) is 0 Å². The van der Waals surface area contributed by atoms with Crippen LogP contribution in [0.15, 0.2) is 0 Å². The van der Waals surface area contributed by atoms with Gasteiger partial charge in [-0.05, 0) is 26.2 Å². The first kappa shape index (κ1) is 9.92. The second-order valence-electron chi connectivity index (χ2n) is 4.00. The molecule has 2 heteroatoms. The Bertz CT molecular complexity index is 93.9. The number of aliphatic hydroxyl groups excluding tert-OH is 1. The molecule has 0 saturated carbocycles. The number of rotatable bonds is 3. The summed E-state index contributed by atoms with van der Waals surface area (Å²) in [5, 5.41) is 9.38. The molecule has 0 aliphatic carbocycles. The minimum Gasteiger partial charge on any atom is -0.393 e. The fourth-order valence-corrected chi connectivity index (χ4v) is 0.775. The van der Waals surface area contributed by atoms with E-state index in [9.17, 15) is 5.11 Å². The summed E-state index contributed by atoms with van der Waals surface area (Å²) < 4.78 is 0. The Morgan fingerprint density at radius 2 is 1.80 bits per heavy atom. The Hall–Kier alpha value is -0.0800.